The van der Waals surface area contributed by atoms with Gasteiger partial charge in [0.25, 0.3) is 0 Å². The summed E-state index contributed by atoms with van der Waals surface area (Å²) in [6, 6.07) is 18.3. The zero-order valence-corrected chi connectivity index (χ0v) is 49.3. The van der Waals surface area contributed by atoms with Crippen molar-refractivity contribution in [3.05, 3.63) is 99.6 Å². The Hall–Kier alpha value is -2.74. The lowest BCUT2D eigenvalue weighted by Gasteiger charge is -2.11. The Labute approximate surface area is 455 Å². The molecule has 0 amide bonds. The maximum Gasteiger partial charge on any atom is 0.215 e. The van der Waals surface area contributed by atoms with Gasteiger partial charge < -0.3 is 5.53 Å². The van der Waals surface area contributed by atoms with Crippen molar-refractivity contribution in [1.29, 1.82) is 0 Å². The molecule has 3 rings (SSSR count). The molecule has 0 bridgehead atoms. The zero-order chi connectivity index (χ0) is 51.9. The highest BCUT2D eigenvalue weighted by Crippen LogP contribution is 2.43. The van der Waals surface area contributed by atoms with Crippen LogP contribution in [0, 0.1) is 0 Å². The van der Waals surface area contributed by atoms with Gasteiger partial charge in [-0.1, -0.05) is 327 Å². The number of aryl methyl sites for hydroxylation is 2. The van der Waals surface area contributed by atoms with E-state index in [1.54, 1.807) is 4.70 Å². The number of nitrogens with zero attached hydrogens (tertiary/aromatic N) is 2. The molecular formula is C71H120N2. The van der Waals surface area contributed by atoms with Gasteiger partial charge in [-0.2, -0.15) is 0 Å². The lowest BCUT2D eigenvalue weighted by molar-refractivity contribution is -0.345. The minimum absolute atomic E-state index is 0.951. The van der Waals surface area contributed by atoms with Crippen LogP contribution >= 0.6 is 0 Å². The van der Waals surface area contributed by atoms with E-state index in [2.05, 4.69) is 88.4 Å². The van der Waals surface area contributed by atoms with Crippen LogP contribution in [0.5, 0.6) is 0 Å². The van der Waals surface area contributed by atoms with E-state index in [1.165, 1.54) is 298 Å². The maximum absolute atomic E-state index is 12.2. The topological polar surface area (TPSA) is 25.3 Å². The summed E-state index contributed by atoms with van der Waals surface area (Å²) in [6.07, 6.45) is 72.1. The number of hydrogen-bond acceptors (Lipinski definition) is 0. The molecule has 0 fully saturated rings. The van der Waals surface area contributed by atoms with E-state index in [0.29, 0.717) is 0 Å². The highest BCUT2D eigenvalue weighted by molar-refractivity contribution is 5.84. The van der Waals surface area contributed by atoms with Crippen molar-refractivity contribution in [3.63, 3.8) is 0 Å². The second kappa shape index (κ2) is 46.6. The van der Waals surface area contributed by atoms with Gasteiger partial charge in [0.1, 0.15) is 0 Å². The van der Waals surface area contributed by atoms with Crippen molar-refractivity contribution in [2.45, 2.75) is 342 Å². The summed E-state index contributed by atoms with van der Waals surface area (Å²) in [6.45, 7) is 9.17. The van der Waals surface area contributed by atoms with Gasteiger partial charge in [-0.3, -0.25) is 0 Å². The third kappa shape index (κ3) is 31.2. The molecule has 0 radical (unpaired) electrons. The van der Waals surface area contributed by atoms with Gasteiger partial charge in [0.2, 0.25) is 11.4 Å². The summed E-state index contributed by atoms with van der Waals surface area (Å²) in [5, 5.41) is 0. The van der Waals surface area contributed by atoms with Gasteiger partial charge in [0, 0.05) is 16.7 Å². The van der Waals surface area contributed by atoms with Crippen molar-refractivity contribution < 1.29 is 4.70 Å². The molecule has 0 unspecified atom stereocenters. The second-order valence-corrected chi connectivity index (χ2v) is 23.2. The molecule has 414 valence electrons. The number of benzene rings is 2. The summed E-state index contributed by atoms with van der Waals surface area (Å²) in [7, 11) is 0. The predicted molar refractivity (Wildman–Crippen MR) is 327 cm³/mol. The minimum atomic E-state index is 0.951. The van der Waals surface area contributed by atoms with Crippen LogP contribution in [0.1, 0.15) is 352 Å². The first kappa shape index (κ1) is 64.5. The van der Waals surface area contributed by atoms with Crippen LogP contribution < -0.4 is 0 Å². The van der Waals surface area contributed by atoms with Crippen LogP contribution in [0.25, 0.3) is 16.9 Å². The van der Waals surface area contributed by atoms with Crippen LogP contribution in [0.2, 0.25) is 0 Å². The van der Waals surface area contributed by atoms with Crippen molar-refractivity contribution >= 4 is 11.4 Å². The molecular weight excluding hydrogens is 881 g/mol. The Morgan fingerprint density at radius 3 is 0.918 bits per heavy atom. The predicted octanol–water partition coefficient (Wildman–Crippen LogP) is 24.9. The Balaban J connectivity index is 1.38. The van der Waals surface area contributed by atoms with E-state index in [0.717, 1.165) is 61.0 Å². The zero-order valence-electron chi connectivity index (χ0n) is 49.3. The molecule has 0 spiro atoms. The first-order valence-corrected chi connectivity index (χ1v) is 33.0. The molecule has 2 aromatic rings. The maximum atomic E-state index is 12.2. The first-order chi connectivity index (χ1) is 36.1. The third-order valence-corrected chi connectivity index (χ3v) is 16.4. The largest absolute Gasteiger partial charge is 0.493 e. The molecule has 0 atom stereocenters. The molecule has 73 heavy (non-hydrogen) atoms. The number of rotatable bonds is 52. The average molecular weight is 1000 g/mol. The highest BCUT2D eigenvalue weighted by Gasteiger charge is 2.34. The van der Waals surface area contributed by atoms with Gasteiger partial charge in [0.15, 0.2) is 0 Å². The van der Waals surface area contributed by atoms with Crippen LogP contribution in [-0.4, -0.2) is 4.70 Å². The van der Waals surface area contributed by atoms with Crippen molar-refractivity contribution in [2.75, 3.05) is 0 Å². The molecule has 1 heterocycles. The highest BCUT2D eigenvalue weighted by atomic mass is 15.2. The molecule has 0 N–H and O–H groups in total. The average Bonchev–Trinajstić information content (AvgIpc) is 3.69. The molecule has 2 nitrogen and oxygen atoms in total. The van der Waals surface area contributed by atoms with Gasteiger partial charge in [-0.05, 0) is 86.8 Å². The smallest absolute Gasteiger partial charge is 0.215 e. The van der Waals surface area contributed by atoms with E-state index < -0.39 is 0 Å². The molecule has 0 saturated carbocycles. The Kier molecular flexibility index (Phi) is 41.2. The lowest BCUT2D eigenvalue weighted by Crippen LogP contribution is -2.03. The van der Waals surface area contributed by atoms with Crippen LogP contribution in [0.3, 0.4) is 0 Å². The molecule has 2 aromatic carbocycles. The summed E-state index contributed by atoms with van der Waals surface area (Å²) in [5.74, 6) is 0. The summed E-state index contributed by atoms with van der Waals surface area (Å²) >= 11 is 0. The molecule has 1 aliphatic rings. The summed E-state index contributed by atoms with van der Waals surface area (Å²) < 4.78 is 1.55. The molecule has 1 aliphatic heterocycles. The van der Waals surface area contributed by atoms with E-state index in [1.807, 2.05) is 0 Å². The number of unbranched alkanes of at least 4 members (excludes halogenated alkanes) is 42. The molecule has 0 saturated heterocycles. The third-order valence-electron chi connectivity index (χ3n) is 16.4. The van der Waals surface area contributed by atoms with E-state index in [4.69, 9.17) is 0 Å². The summed E-state index contributed by atoms with van der Waals surface area (Å²) in [5.41, 5.74) is 21.7. The normalized spacial score (nSPS) is 13.0. The lowest BCUT2D eigenvalue weighted by atomic mass is 9.94. The SMILES string of the molecule is CCCCCCCCCCCCCCCCCCCCCCC=CC1=C(c2ccc(CCCC)cc2)[N+](=[N-])C(c2ccc(CCCCCCCCCCCCCCCCCCCCCCC)cc2)=C1CCCC. The summed E-state index contributed by atoms with van der Waals surface area (Å²) in [4.78, 5) is 0. The minimum Gasteiger partial charge on any atom is -0.493 e. The van der Waals surface area contributed by atoms with Gasteiger partial charge in [-0.15, -0.1) is 0 Å². The van der Waals surface area contributed by atoms with Crippen LogP contribution in [0.15, 0.2) is 71.8 Å². The van der Waals surface area contributed by atoms with Crippen LogP contribution in [0.4, 0.5) is 0 Å². The van der Waals surface area contributed by atoms with Crippen LogP contribution in [-0.2, 0) is 12.8 Å². The molecule has 0 aromatic heterocycles. The quantitative estimate of drug-likeness (QED) is 0.0466. The Morgan fingerprint density at radius 2 is 0.575 bits per heavy atom. The van der Waals surface area contributed by atoms with E-state index in [9.17, 15) is 5.53 Å². The van der Waals surface area contributed by atoms with E-state index in [-0.39, 0.29) is 0 Å². The number of allylic oxidation sites excluding steroid dienone is 4. The fourth-order valence-electron chi connectivity index (χ4n) is 11.5. The van der Waals surface area contributed by atoms with Gasteiger partial charge >= 0.3 is 0 Å². The van der Waals surface area contributed by atoms with Crippen molar-refractivity contribution in [2.24, 2.45) is 0 Å². The number of hydrogen-bond donors (Lipinski definition) is 0. The molecule has 0 aliphatic carbocycles. The fraction of sp³-hybridized carbons (Fsp3) is 0.746. The monoisotopic (exact) mass is 1000 g/mol. The molecule has 2 heteroatoms. The Morgan fingerprint density at radius 1 is 0.301 bits per heavy atom. The van der Waals surface area contributed by atoms with Crippen molar-refractivity contribution in [1.82, 2.24) is 0 Å². The Bertz CT molecular complexity index is 1670. The van der Waals surface area contributed by atoms with Crippen molar-refractivity contribution in [3.8, 4) is 0 Å². The fourth-order valence-corrected chi connectivity index (χ4v) is 11.5. The van der Waals surface area contributed by atoms with Gasteiger partial charge in [-0.25, -0.2) is 4.70 Å². The first-order valence-electron chi connectivity index (χ1n) is 33.0. The second-order valence-electron chi connectivity index (χ2n) is 23.2. The standard InChI is InChI=1S/C71H120N2/c1-5-9-13-15-17-19-21-23-25-27-29-31-33-35-37-39-41-43-45-47-49-51-55-69-68(54-12-8-4)70(73(72)71(69)67-60-56-64(57-61-67)52-11-7-3)66-62-58-65(59-63-66)53-50-48-46-44-42-40-38-36-34-32-30-28-26-24-22-20-18-16-14-10-6-2/h51,55-63H,5-50,52-54H2,1-4H3. The van der Waals surface area contributed by atoms with Gasteiger partial charge in [0.05, 0.1) is 5.57 Å². The van der Waals surface area contributed by atoms with E-state index >= 15 is 0 Å².